The van der Waals surface area contributed by atoms with Gasteiger partial charge in [0.05, 0.1) is 0 Å². The first-order valence-electron chi connectivity index (χ1n) is 5.65. The van der Waals surface area contributed by atoms with Crippen molar-refractivity contribution < 1.29 is 0 Å². The topological polar surface area (TPSA) is 12.0 Å². The molecule has 2 atom stereocenters. The van der Waals surface area contributed by atoms with Gasteiger partial charge in [-0.15, -0.1) is 0 Å². The van der Waals surface area contributed by atoms with Crippen LogP contribution < -0.4 is 5.32 Å². The van der Waals surface area contributed by atoms with Crippen LogP contribution in [0, 0.1) is 10.8 Å². The van der Waals surface area contributed by atoms with Gasteiger partial charge in [-0.3, -0.25) is 0 Å². The van der Waals surface area contributed by atoms with Crippen molar-refractivity contribution in [2.24, 2.45) is 10.8 Å². The molecule has 2 aliphatic carbocycles. The first kappa shape index (κ1) is 9.51. The maximum atomic E-state index is 3.80. The van der Waals surface area contributed by atoms with Crippen molar-refractivity contribution in [3.8, 4) is 0 Å². The fourth-order valence-electron chi connectivity index (χ4n) is 2.61. The van der Waals surface area contributed by atoms with E-state index in [0.29, 0.717) is 10.8 Å². The molecule has 0 spiro atoms. The lowest BCUT2D eigenvalue weighted by Crippen LogP contribution is -2.31. The van der Waals surface area contributed by atoms with Crippen LogP contribution in [-0.4, -0.2) is 12.1 Å². The standard InChI is InChI=1S/C12H23N/c1-11(2)6-5-9(7-11)13-10-8-12(10,3)4/h9-10,13H,5-8H2,1-4H3. The van der Waals surface area contributed by atoms with Gasteiger partial charge in [0.25, 0.3) is 0 Å². The highest BCUT2D eigenvalue weighted by atomic mass is 15.0. The van der Waals surface area contributed by atoms with Gasteiger partial charge in [-0.1, -0.05) is 27.7 Å². The number of nitrogens with one attached hydrogen (secondary N) is 1. The minimum atomic E-state index is 0.590. The van der Waals surface area contributed by atoms with Crippen LogP contribution in [0.1, 0.15) is 53.4 Å². The van der Waals surface area contributed by atoms with Crippen molar-refractivity contribution in [2.75, 3.05) is 0 Å². The minimum Gasteiger partial charge on any atom is -0.311 e. The highest BCUT2D eigenvalue weighted by Crippen LogP contribution is 2.46. The zero-order chi connectivity index (χ0) is 9.69. The van der Waals surface area contributed by atoms with Crippen LogP contribution in [0.25, 0.3) is 0 Å². The lowest BCUT2D eigenvalue weighted by atomic mass is 9.92. The Morgan fingerprint density at radius 2 is 1.69 bits per heavy atom. The van der Waals surface area contributed by atoms with Crippen molar-refractivity contribution in [3.05, 3.63) is 0 Å². The smallest absolute Gasteiger partial charge is 0.0127 e. The molecule has 0 saturated heterocycles. The maximum absolute atomic E-state index is 3.80. The van der Waals surface area contributed by atoms with E-state index in [-0.39, 0.29) is 0 Å². The zero-order valence-electron chi connectivity index (χ0n) is 9.48. The molecule has 0 aliphatic heterocycles. The molecule has 2 fully saturated rings. The van der Waals surface area contributed by atoms with E-state index in [4.69, 9.17) is 0 Å². The molecule has 0 radical (unpaired) electrons. The molecule has 0 aromatic carbocycles. The monoisotopic (exact) mass is 181 g/mol. The van der Waals surface area contributed by atoms with Gasteiger partial charge in [-0.05, 0) is 36.5 Å². The van der Waals surface area contributed by atoms with Gasteiger partial charge in [0, 0.05) is 12.1 Å². The lowest BCUT2D eigenvalue weighted by molar-refractivity contribution is 0.359. The Balaban J connectivity index is 1.79. The van der Waals surface area contributed by atoms with E-state index in [1.165, 1.54) is 25.7 Å². The Bertz CT molecular complexity index is 205. The summed E-state index contributed by atoms with van der Waals surface area (Å²) < 4.78 is 0. The average molecular weight is 181 g/mol. The van der Waals surface area contributed by atoms with E-state index >= 15 is 0 Å². The predicted molar refractivity (Wildman–Crippen MR) is 56.7 cm³/mol. The van der Waals surface area contributed by atoms with Crippen LogP contribution in [0.15, 0.2) is 0 Å². The number of hydrogen-bond acceptors (Lipinski definition) is 1. The van der Waals surface area contributed by atoms with Crippen molar-refractivity contribution in [2.45, 2.75) is 65.5 Å². The van der Waals surface area contributed by atoms with Gasteiger partial charge in [-0.25, -0.2) is 0 Å². The summed E-state index contributed by atoms with van der Waals surface area (Å²) in [5, 5.41) is 3.80. The Labute approximate surface area is 82.3 Å². The summed E-state index contributed by atoms with van der Waals surface area (Å²) in [6.07, 6.45) is 5.54. The summed E-state index contributed by atoms with van der Waals surface area (Å²) in [6, 6.07) is 1.62. The predicted octanol–water partition coefficient (Wildman–Crippen LogP) is 2.95. The van der Waals surface area contributed by atoms with E-state index in [1.807, 2.05) is 0 Å². The first-order valence-corrected chi connectivity index (χ1v) is 5.65. The van der Waals surface area contributed by atoms with Crippen LogP contribution in [0.2, 0.25) is 0 Å². The Morgan fingerprint density at radius 3 is 2.08 bits per heavy atom. The largest absolute Gasteiger partial charge is 0.311 e. The Kier molecular flexibility index (Phi) is 1.99. The van der Waals surface area contributed by atoms with Crippen molar-refractivity contribution in [1.29, 1.82) is 0 Å². The fraction of sp³-hybridized carbons (Fsp3) is 1.00. The van der Waals surface area contributed by atoms with Crippen molar-refractivity contribution in [1.82, 2.24) is 5.32 Å². The molecule has 0 aromatic rings. The molecule has 2 aliphatic rings. The molecular formula is C12H23N. The number of rotatable bonds is 2. The quantitative estimate of drug-likeness (QED) is 0.690. The third-order valence-electron chi connectivity index (χ3n) is 3.92. The molecule has 2 saturated carbocycles. The highest BCUT2D eigenvalue weighted by Gasteiger charge is 2.47. The molecule has 0 amide bonds. The second kappa shape index (κ2) is 2.73. The van der Waals surface area contributed by atoms with Crippen LogP contribution in [0.5, 0.6) is 0 Å². The summed E-state index contributed by atoms with van der Waals surface area (Å²) in [7, 11) is 0. The summed E-state index contributed by atoms with van der Waals surface area (Å²) >= 11 is 0. The zero-order valence-corrected chi connectivity index (χ0v) is 9.48. The third kappa shape index (κ3) is 2.07. The second-order valence-electron chi connectivity index (χ2n) is 6.52. The van der Waals surface area contributed by atoms with E-state index in [1.54, 1.807) is 0 Å². The summed E-state index contributed by atoms with van der Waals surface area (Å²) in [4.78, 5) is 0. The molecule has 1 heteroatoms. The first-order chi connectivity index (χ1) is 5.89. The van der Waals surface area contributed by atoms with E-state index in [2.05, 4.69) is 33.0 Å². The van der Waals surface area contributed by atoms with Crippen molar-refractivity contribution in [3.63, 3.8) is 0 Å². The van der Waals surface area contributed by atoms with E-state index in [0.717, 1.165) is 12.1 Å². The average Bonchev–Trinajstić information content (AvgIpc) is 2.34. The minimum absolute atomic E-state index is 0.590. The second-order valence-corrected chi connectivity index (χ2v) is 6.52. The molecule has 13 heavy (non-hydrogen) atoms. The number of hydrogen-bond donors (Lipinski definition) is 1. The van der Waals surface area contributed by atoms with E-state index in [9.17, 15) is 0 Å². The molecule has 76 valence electrons. The van der Waals surface area contributed by atoms with Gasteiger partial charge in [-0.2, -0.15) is 0 Å². The molecule has 2 unspecified atom stereocenters. The lowest BCUT2D eigenvalue weighted by Gasteiger charge is -2.18. The SMILES string of the molecule is CC1(C)CCC(NC2CC2(C)C)C1. The van der Waals surface area contributed by atoms with Gasteiger partial charge < -0.3 is 5.32 Å². The summed E-state index contributed by atoms with van der Waals surface area (Å²) in [5.41, 5.74) is 1.18. The van der Waals surface area contributed by atoms with Gasteiger partial charge in [0.2, 0.25) is 0 Å². The maximum Gasteiger partial charge on any atom is 0.0127 e. The molecule has 2 rings (SSSR count). The van der Waals surface area contributed by atoms with Crippen LogP contribution in [-0.2, 0) is 0 Å². The van der Waals surface area contributed by atoms with Crippen molar-refractivity contribution >= 4 is 0 Å². The van der Waals surface area contributed by atoms with Crippen LogP contribution in [0.3, 0.4) is 0 Å². The Hall–Kier alpha value is -0.0400. The molecule has 1 N–H and O–H groups in total. The van der Waals surface area contributed by atoms with Gasteiger partial charge in [0.1, 0.15) is 0 Å². The third-order valence-corrected chi connectivity index (χ3v) is 3.92. The van der Waals surface area contributed by atoms with Crippen LogP contribution in [0.4, 0.5) is 0 Å². The summed E-state index contributed by atoms with van der Waals surface area (Å²) in [5.74, 6) is 0. The van der Waals surface area contributed by atoms with E-state index < -0.39 is 0 Å². The Morgan fingerprint density at radius 1 is 1.08 bits per heavy atom. The van der Waals surface area contributed by atoms with Crippen LogP contribution >= 0.6 is 0 Å². The molecule has 0 heterocycles. The normalized spacial score (nSPS) is 40.6. The molecular weight excluding hydrogens is 158 g/mol. The molecule has 0 aromatic heterocycles. The van der Waals surface area contributed by atoms with Gasteiger partial charge in [0.15, 0.2) is 0 Å². The highest BCUT2D eigenvalue weighted by molar-refractivity contribution is 5.04. The molecule has 1 nitrogen and oxygen atoms in total. The summed E-state index contributed by atoms with van der Waals surface area (Å²) in [6.45, 7) is 9.52. The molecule has 0 bridgehead atoms. The fourth-order valence-corrected chi connectivity index (χ4v) is 2.61. The van der Waals surface area contributed by atoms with Gasteiger partial charge >= 0.3 is 0 Å².